The van der Waals surface area contributed by atoms with E-state index < -0.39 is 30.1 Å². The Kier molecular flexibility index (Phi) is 4.77. The summed E-state index contributed by atoms with van der Waals surface area (Å²) in [5.74, 6) is -4.19. The lowest BCUT2D eigenvalue weighted by Gasteiger charge is -2.27. The second-order valence-electron chi connectivity index (χ2n) is 5.01. The van der Waals surface area contributed by atoms with Gasteiger partial charge in [-0.25, -0.2) is 8.78 Å². The molecule has 0 heterocycles. The molecule has 4 nitrogen and oxygen atoms in total. The number of benzene rings is 1. The highest BCUT2D eigenvalue weighted by Gasteiger charge is 2.30. The number of hydrogen-bond acceptors (Lipinski definition) is 2. The van der Waals surface area contributed by atoms with E-state index in [0.29, 0.717) is 18.9 Å². The number of halogens is 3. The van der Waals surface area contributed by atoms with Gasteiger partial charge in [0.05, 0.1) is 10.6 Å². The van der Waals surface area contributed by atoms with Crippen LogP contribution >= 0.6 is 11.6 Å². The lowest BCUT2D eigenvalue weighted by Crippen LogP contribution is -2.42. The van der Waals surface area contributed by atoms with E-state index in [1.165, 1.54) is 4.90 Å². The number of aliphatic carboxylic acids is 1. The molecule has 2 rings (SSSR count). The fraction of sp³-hybridized carbons (Fsp3) is 0.429. The molecule has 1 aliphatic carbocycles. The van der Waals surface area contributed by atoms with Gasteiger partial charge in [0.15, 0.2) is 11.6 Å². The molecule has 1 saturated carbocycles. The Hall–Kier alpha value is -1.69. The van der Waals surface area contributed by atoms with Gasteiger partial charge >= 0.3 is 5.97 Å². The van der Waals surface area contributed by atoms with Crippen molar-refractivity contribution in [2.75, 3.05) is 6.54 Å². The Balaban J connectivity index is 2.33. The molecular weight excluding hydrogens is 304 g/mol. The van der Waals surface area contributed by atoms with Gasteiger partial charge in [0.1, 0.15) is 6.54 Å². The van der Waals surface area contributed by atoms with Gasteiger partial charge in [0, 0.05) is 6.04 Å². The molecule has 0 aliphatic heterocycles. The van der Waals surface area contributed by atoms with E-state index in [4.69, 9.17) is 16.7 Å². The molecule has 1 N–H and O–H groups in total. The highest BCUT2D eigenvalue weighted by atomic mass is 35.5. The standard InChI is InChI=1S/C14H14ClF2NO3/c15-10-6-12(17)11(16)5-9(10)14(21)18(7-13(19)20)8-3-1-2-4-8/h5-6,8H,1-4,7H2,(H,19,20). The van der Waals surface area contributed by atoms with Gasteiger partial charge in [0.25, 0.3) is 5.91 Å². The molecule has 1 aromatic carbocycles. The Morgan fingerprint density at radius 3 is 2.38 bits per heavy atom. The Labute approximate surface area is 125 Å². The third kappa shape index (κ3) is 3.50. The molecule has 1 aromatic rings. The zero-order valence-corrected chi connectivity index (χ0v) is 11.9. The summed E-state index contributed by atoms with van der Waals surface area (Å²) in [6.45, 7) is -0.487. The molecule has 0 spiro atoms. The summed E-state index contributed by atoms with van der Waals surface area (Å²) in [4.78, 5) is 24.6. The average molecular weight is 318 g/mol. The predicted octanol–water partition coefficient (Wildman–Crippen LogP) is 3.09. The molecule has 114 valence electrons. The number of carbonyl (C=O) groups is 2. The smallest absolute Gasteiger partial charge is 0.323 e. The van der Waals surface area contributed by atoms with Crippen LogP contribution in [-0.4, -0.2) is 34.5 Å². The molecule has 0 saturated heterocycles. The van der Waals surface area contributed by atoms with Crippen molar-refractivity contribution in [1.29, 1.82) is 0 Å². The average Bonchev–Trinajstić information content (AvgIpc) is 2.93. The normalized spacial score (nSPS) is 15.2. The molecule has 1 aliphatic rings. The summed E-state index contributed by atoms with van der Waals surface area (Å²) in [7, 11) is 0. The number of amides is 1. The van der Waals surface area contributed by atoms with Crippen LogP contribution in [0.1, 0.15) is 36.0 Å². The van der Waals surface area contributed by atoms with E-state index >= 15 is 0 Å². The molecule has 0 bridgehead atoms. The van der Waals surface area contributed by atoms with Crippen LogP contribution < -0.4 is 0 Å². The summed E-state index contributed by atoms with van der Waals surface area (Å²) in [5.41, 5.74) is -0.219. The first kappa shape index (κ1) is 15.7. The van der Waals surface area contributed by atoms with Crippen LogP contribution in [0.15, 0.2) is 12.1 Å². The lowest BCUT2D eigenvalue weighted by molar-refractivity contribution is -0.138. The van der Waals surface area contributed by atoms with Crippen LogP contribution in [0, 0.1) is 11.6 Å². The zero-order valence-electron chi connectivity index (χ0n) is 11.1. The first-order valence-corrected chi connectivity index (χ1v) is 6.95. The third-order valence-electron chi connectivity index (χ3n) is 3.57. The number of carboxylic acids is 1. The Morgan fingerprint density at radius 2 is 1.81 bits per heavy atom. The molecule has 21 heavy (non-hydrogen) atoms. The van der Waals surface area contributed by atoms with Crippen molar-refractivity contribution in [3.05, 3.63) is 34.4 Å². The maximum Gasteiger partial charge on any atom is 0.323 e. The minimum Gasteiger partial charge on any atom is -0.480 e. The van der Waals surface area contributed by atoms with Crippen molar-refractivity contribution in [3.63, 3.8) is 0 Å². The number of carbonyl (C=O) groups excluding carboxylic acids is 1. The number of nitrogens with zero attached hydrogens (tertiary/aromatic N) is 1. The first-order chi connectivity index (χ1) is 9.90. The van der Waals surface area contributed by atoms with Crippen LogP contribution in [0.4, 0.5) is 8.78 Å². The van der Waals surface area contributed by atoms with Gasteiger partial charge < -0.3 is 10.0 Å². The van der Waals surface area contributed by atoms with Crippen molar-refractivity contribution in [2.24, 2.45) is 0 Å². The van der Waals surface area contributed by atoms with Crippen LogP contribution in [0.3, 0.4) is 0 Å². The van der Waals surface area contributed by atoms with Crippen molar-refractivity contribution in [2.45, 2.75) is 31.7 Å². The third-order valence-corrected chi connectivity index (χ3v) is 3.89. The number of carboxylic acid groups (broad SMARTS) is 1. The maximum absolute atomic E-state index is 13.3. The Morgan fingerprint density at radius 1 is 1.24 bits per heavy atom. The van der Waals surface area contributed by atoms with Gasteiger partial charge in [-0.15, -0.1) is 0 Å². The molecule has 1 fully saturated rings. The molecule has 0 aromatic heterocycles. The summed E-state index contributed by atoms with van der Waals surface area (Å²) in [6.07, 6.45) is 3.19. The van der Waals surface area contributed by atoms with Gasteiger partial charge in [-0.1, -0.05) is 24.4 Å². The van der Waals surface area contributed by atoms with Gasteiger partial charge in [0.2, 0.25) is 0 Å². The van der Waals surface area contributed by atoms with Crippen molar-refractivity contribution >= 4 is 23.5 Å². The maximum atomic E-state index is 13.3. The van der Waals surface area contributed by atoms with E-state index in [-0.39, 0.29) is 16.6 Å². The van der Waals surface area contributed by atoms with E-state index in [1.54, 1.807) is 0 Å². The SMILES string of the molecule is O=C(O)CN(C(=O)c1cc(F)c(F)cc1Cl)C1CCCC1. The van der Waals surface area contributed by atoms with E-state index in [2.05, 4.69) is 0 Å². The largest absolute Gasteiger partial charge is 0.480 e. The highest BCUT2D eigenvalue weighted by Crippen LogP contribution is 2.27. The lowest BCUT2D eigenvalue weighted by atomic mass is 10.1. The van der Waals surface area contributed by atoms with Crippen molar-refractivity contribution in [3.8, 4) is 0 Å². The number of hydrogen-bond donors (Lipinski definition) is 1. The second kappa shape index (κ2) is 6.39. The molecular formula is C14H14ClF2NO3. The highest BCUT2D eigenvalue weighted by molar-refractivity contribution is 6.33. The minimum absolute atomic E-state index is 0.210. The Bertz CT molecular complexity index is 574. The zero-order chi connectivity index (χ0) is 15.6. The van der Waals surface area contributed by atoms with Crippen LogP contribution in [-0.2, 0) is 4.79 Å². The van der Waals surface area contributed by atoms with Gasteiger partial charge in [-0.2, -0.15) is 0 Å². The molecule has 7 heteroatoms. The quantitative estimate of drug-likeness (QED) is 0.868. The summed E-state index contributed by atoms with van der Waals surface area (Å²) in [5, 5.41) is 8.72. The van der Waals surface area contributed by atoms with Gasteiger partial charge in [-0.3, -0.25) is 9.59 Å². The van der Waals surface area contributed by atoms with Crippen molar-refractivity contribution in [1.82, 2.24) is 4.90 Å². The summed E-state index contributed by atoms with van der Waals surface area (Å²) in [6, 6.07) is 1.22. The molecule has 1 amide bonds. The monoisotopic (exact) mass is 317 g/mol. The fourth-order valence-electron chi connectivity index (χ4n) is 2.57. The van der Waals surface area contributed by atoms with Crippen LogP contribution in [0.2, 0.25) is 5.02 Å². The summed E-state index contributed by atoms with van der Waals surface area (Å²) < 4.78 is 26.4. The van der Waals surface area contributed by atoms with Gasteiger partial charge in [-0.05, 0) is 25.0 Å². The first-order valence-electron chi connectivity index (χ1n) is 6.57. The number of rotatable bonds is 4. The molecule has 0 atom stereocenters. The van der Waals surface area contributed by atoms with Crippen LogP contribution in [0.25, 0.3) is 0 Å². The van der Waals surface area contributed by atoms with Crippen molar-refractivity contribution < 1.29 is 23.5 Å². The minimum atomic E-state index is -1.19. The van der Waals surface area contributed by atoms with E-state index in [9.17, 15) is 18.4 Å². The molecule has 0 unspecified atom stereocenters. The topological polar surface area (TPSA) is 57.6 Å². The fourth-order valence-corrected chi connectivity index (χ4v) is 2.80. The predicted molar refractivity (Wildman–Crippen MR) is 72.3 cm³/mol. The second-order valence-corrected chi connectivity index (χ2v) is 5.42. The molecule has 0 radical (unpaired) electrons. The van der Waals surface area contributed by atoms with Crippen LogP contribution in [0.5, 0.6) is 0 Å². The van der Waals surface area contributed by atoms with E-state index in [1.807, 2.05) is 0 Å². The summed E-state index contributed by atoms with van der Waals surface area (Å²) >= 11 is 5.78. The van der Waals surface area contributed by atoms with E-state index in [0.717, 1.165) is 18.9 Å².